The van der Waals surface area contributed by atoms with E-state index >= 15 is 0 Å². The highest BCUT2D eigenvalue weighted by Gasteiger charge is 2.07. The Bertz CT molecular complexity index is 823. The molecule has 0 saturated heterocycles. The van der Waals surface area contributed by atoms with Crippen molar-refractivity contribution in [2.45, 2.75) is 26.8 Å². The van der Waals surface area contributed by atoms with Crippen LogP contribution >= 0.6 is 0 Å². The second-order valence-electron chi connectivity index (χ2n) is 5.56. The van der Waals surface area contributed by atoms with Crippen LogP contribution in [0.5, 0.6) is 0 Å². The predicted molar refractivity (Wildman–Crippen MR) is 87.8 cm³/mol. The zero-order chi connectivity index (χ0) is 16.9. The van der Waals surface area contributed by atoms with Crippen molar-refractivity contribution in [1.29, 1.82) is 0 Å². The second kappa shape index (κ2) is 7.03. The Kier molecular flexibility index (Phi) is 4.64. The minimum Gasteiger partial charge on any atom is -0.352 e. The molecule has 0 aliphatic carbocycles. The molecule has 0 unspecified atom stereocenters. The van der Waals surface area contributed by atoms with E-state index < -0.39 is 0 Å². The van der Waals surface area contributed by atoms with Crippen LogP contribution in [0.15, 0.2) is 36.7 Å². The van der Waals surface area contributed by atoms with Crippen LogP contribution in [0.25, 0.3) is 5.69 Å². The number of benzene rings is 1. The summed E-state index contributed by atoms with van der Waals surface area (Å²) in [7, 11) is 0. The van der Waals surface area contributed by atoms with Gasteiger partial charge in [0.2, 0.25) is 0 Å². The van der Waals surface area contributed by atoms with Gasteiger partial charge in [-0.1, -0.05) is 6.07 Å². The first kappa shape index (κ1) is 15.9. The Balaban J connectivity index is 1.54. The largest absolute Gasteiger partial charge is 0.352 e. The monoisotopic (exact) mass is 325 g/mol. The lowest BCUT2D eigenvalue weighted by Gasteiger charge is -2.08. The van der Waals surface area contributed by atoms with Crippen LogP contribution < -0.4 is 5.32 Å². The van der Waals surface area contributed by atoms with Crippen molar-refractivity contribution in [1.82, 2.24) is 35.3 Å². The third-order valence-electron chi connectivity index (χ3n) is 3.66. The molecule has 124 valence electrons. The highest BCUT2D eigenvalue weighted by atomic mass is 16.1. The first-order valence-electron chi connectivity index (χ1n) is 7.76. The SMILES string of the molecule is Cc1cc(C)n(CCCNC(=O)c2cccc(-n3cnnn3)c2)n1. The van der Waals surface area contributed by atoms with Crippen LogP contribution in [-0.2, 0) is 6.54 Å². The van der Waals surface area contributed by atoms with Gasteiger partial charge in [0, 0.05) is 24.3 Å². The normalized spacial score (nSPS) is 10.8. The number of rotatable bonds is 6. The fraction of sp³-hybridized carbons (Fsp3) is 0.312. The van der Waals surface area contributed by atoms with Gasteiger partial charge >= 0.3 is 0 Å². The summed E-state index contributed by atoms with van der Waals surface area (Å²) in [4.78, 5) is 12.3. The lowest BCUT2D eigenvalue weighted by atomic mass is 10.2. The van der Waals surface area contributed by atoms with Gasteiger partial charge in [-0.3, -0.25) is 9.48 Å². The van der Waals surface area contributed by atoms with E-state index in [0.29, 0.717) is 12.1 Å². The molecule has 0 radical (unpaired) electrons. The molecule has 2 aromatic heterocycles. The number of nitrogens with zero attached hydrogens (tertiary/aromatic N) is 6. The summed E-state index contributed by atoms with van der Waals surface area (Å²) in [5.74, 6) is -0.113. The summed E-state index contributed by atoms with van der Waals surface area (Å²) in [5, 5.41) is 18.3. The number of aromatic nitrogens is 6. The number of hydrogen-bond acceptors (Lipinski definition) is 5. The molecule has 1 amide bonds. The third-order valence-corrected chi connectivity index (χ3v) is 3.66. The fourth-order valence-electron chi connectivity index (χ4n) is 2.50. The molecule has 0 aliphatic heterocycles. The minimum atomic E-state index is -0.113. The Morgan fingerprint density at radius 3 is 2.83 bits per heavy atom. The molecule has 0 saturated carbocycles. The highest BCUT2D eigenvalue weighted by molar-refractivity contribution is 5.94. The predicted octanol–water partition coefficient (Wildman–Crippen LogP) is 1.30. The number of hydrogen-bond donors (Lipinski definition) is 1. The van der Waals surface area contributed by atoms with Crippen molar-refractivity contribution >= 4 is 5.91 Å². The zero-order valence-corrected chi connectivity index (χ0v) is 13.7. The lowest BCUT2D eigenvalue weighted by Crippen LogP contribution is -2.25. The van der Waals surface area contributed by atoms with Crippen LogP contribution in [0.4, 0.5) is 0 Å². The third kappa shape index (κ3) is 3.65. The average Bonchev–Trinajstić information content (AvgIpc) is 3.21. The molecule has 3 aromatic rings. The highest BCUT2D eigenvalue weighted by Crippen LogP contribution is 2.09. The van der Waals surface area contributed by atoms with E-state index in [-0.39, 0.29) is 5.91 Å². The number of nitrogens with one attached hydrogen (secondary N) is 1. The number of tetrazole rings is 1. The van der Waals surface area contributed by atoms with E-state index in [1.165, 1.54) is 11.0 Å². The van der Waals surface area contributed by atoms with Crippen LogP contribution in [0.1, 0.15) is 28.2 Å². The van der Waals surface area contributed by atoms with Gasteiger partial charge in [-0.25, -0.2) is 4.68 Å². The van der Waals surface area contributed by atoms with E-state index in [2.05, 4.69) is 25.9 Å². The van der Waals surface area contributed by atoms with Crippen molar-refractivity contribution in [3.8, 4) is 5.69 Å². The molecule has 2 heterocycles. The number of carbonyl (C=O) groups is 1. The molecule has 0 bridgehead atoms. The molecule has 1 aromatic carbocycles. The zero-order valence-electron chi connectivity index (χ0n) is 13.7. The maximum Gasteiger partial charge on any atom is 0.251 e. The molecule has 0 aliphatic rings. The van der Waals surface area contributed by atoms with Crippen molar-refractivity contribution in [3.63, 3.8) is 0 Å². The lowest BCUT2D eigenvalue weighted by molar-refractivity contribution is 0.0952. The quantitative estimate of drug-likeness (QED) is 0.690. The van der Waals surface area contributed by atoms with Gasteiger partial charge in [0.1, 0.15) is 6.33 Å². The van der Waals surface area contributed by atoms with Gasteiger partial charge in [-0.2, -0.15) is 5.10 Å². The second-order valence-corrected chi connectivity index (χ2v) is 5.56. The smallest absolute Gasteiger partial charge is 0.251 e. The van der Waals surface area contributed by atoms with Crippen molar-refractivity contribution in [3.05, 3.63) is 53.6 Å². The summed E-state index contributed by atoms with van der Waals surface area (Å²) >= 11 is 0. The van der Waals surface area contributed by atoms with Gasteiger partial charge in [0.25, 0.3) is 5.91 Å². The molecule has 1 N–H and O–H groups in total. The minimum absolute atomic E-state index is 0.113. The summed E-state index contributed by atoms with van der Waals surface area (Å²) in [5.41, 5.74) is 3.47. The van der Waals surface area contributed by atoms with Crippen LogP contribution in [0.3, 0.4) is 0 Å². The Morgan fingerprint density at radius 2 is 2.12 bits per heavy atom. The van der Waals surface area contributed by atoms with Crippen LogP contribution in [0.2, 0.25) is 0 Å². The summed E-state index contributed by atoms with van der Waals surface area (Å²) < 4.78 is 3.47. The summed E-state index contributed by atoms with van der Waals surface area (Å²) in [6.07, 6.45) is 2.31. The van der Waals surface area contributed by atoms with E-state index in [9.17, 15) is 4.79 Å². The molecule has 8 nitrogen and oxygen atoms in total. The maximum absolute atomic E-state index is 12.3. The topological polar surface area (TPSA) is 90.5 Å². The van der Waals surface area contributed by atoms with Crippen LogP contribution in [0, 0.1) is 13.8 Å². The maximum atomic E-state index is 12.3. The van der Waals surface area contributed by atoms with Gasteiger partial charge in [0.05, 0.1) is 11.4 Å². The first-order chi connectivity index (χ1) is 11.6. The summed E-state index contributed by atoms with van der Waals surface area (Å²) in [6, 6.07) is 9.22. The molecule has 0 fully saturated rings. The summed E-state index contributed by atoms with van der Waals surface area (Å²) in [6.45, 7) is 5.38. The van der Waals surface area contributed by atoms with E-state index in [1.807, 2.05) is 36.7 Å². The molecule has 8 heteroatoms. The van der Waals surface area contributed by atoms with Gasteiger partial charge < -0.3 is 5.32 Å². The molecule has 0 spiro atoms. The average molecular weight is 325 g/mol. The van der Waals surface area contributed by atoms with E-state index in [4.69, 9.17) is 0 Å². The van der Waals surface area contributed by atoms with E-state index in [0.717, 1.165) is 30.0 Å². The van der Waals surface area contributed by atoms with Crippen molar-refractivity contribution < 1.29 is 4.79 Å². The number of carbonyl (C=O) groups excluding carboxylic acids is 1. The Labute approximate surface area is 139 Å². The van der Waals surface area contributed by atoms with Gasteiger partial charge in [0.15, 0.2) is 0 Å². The van der Waals surface area contributed by atoms with E-state index in [1.54, 1.807) is 12.1 Å². The Morgan fingerprint density at radius 1 is 1.25 bits per heavy atom. The molecular weight excluding hydrogens is 306 g/mol. The number of aryl methyl sites for hydroxylation is 3. The Hall–Kier alpha value is -3.03. The van der Waals surface area contributed by atoms with Gasteiger partial charge in [-0.05, 0) is 55.0 Å². The number of amides is 1. The molecule has 24 heavy (non-hydrogen) atoms. The van der Waals surface area contributed by atoms with Crippen molar-refractivity contribution in [2.75, 3.05) is 6.54 Å². The molecule has 3 rings (SSSR count). The standard InChI is InChI=1S/C16H19N7O/c1-12-9-13(2)22(19-12)8-4-7-17-16(24)14-5-3-6-15(10-14)23-11-18-20-21-23/h3,5-6,9-11H,4,7-8H2,1-2H3,(H,17,24). The van der Waals surface area contributed by atoms with Crippen molar-refractivity contribution in [2.24, 2.45) is 0 Å². The molecular formula is C16H19N7O. The first-order valence-corrected chi connectivity index (χ1v) is 7.76. The van der Waals surface area contributed by atoms with Gasteiger partial charge in [-0.15, -0.1) is 5.10 Å². The van der Waals surface area contributed by atoms with Crippen LogP contribution in [-0.4, -0.2) is 42.4 Å². The molecule has 0 atom stereocenters. The fourth-order valence-corrected chi connectivity index (χ4v) is 2.50.